The molecule has 0 saturated carbocycles. The monoisotopic (exact) mass is 513 g/mol. The molecule has 0 radical (unpaired) electrons. The van der Waals surface area contributed by atoms with E-state index in [0.717, 1.165) is 23.7 Å². The topological polar surface area (TPSA) is 229 Å². The van der Waals surface area contributed by atoms with E-state index in [0.29, 0.717) is 10.3 Å². The fraction of sp³-hybridized carbons (Fsp3) is 0.353. The molecular weight excluding hydrogens is 497 g/mol. The molecule has 1 saturated heterocycles. The van der Waals surface area contributed by atoms with Crippen LogP contribution < -0.4 is 15.3 Å². The summed E-state index contributed by atoms with van der Waals surface area (Å²) in [6.07, 6.45) is -5.24. The van der Waals surface area contributed by atoms with Crippen LogP contribution >= 0.6 is 19.6 Å². The molecule has 182 valence electrons. The Morgan fingerprint density at radius 2 is 2.03 bits per heavy atom. The Bertz CT molecular complexity index is 1310. The van der Waals surface area contributed by atoms with E-state index in [9.17, 15) is 39.5 Å². The minimum atomic E-state index is -5.50. The van der Waals surface area contributed by atoms with Crippen LogP contribution in [0.25, 0.3) is 11.2 Å². The van der Waals surface area contributed by atoms with Crippen molar-refractivity contribution < 1.29 is 38.7 Å². The highest BCUT2D eigenvalue weighted by Gasteiger charge is 2.66. The van der Waals surface area contributed by atoms with E-state index in [1.165, 1.54) is 0 Å². The number of nitrogens with zero attached hydrogens (tertiary/aromatic N) is 4. The molecule has 0 bridgehead atoms. The molecule has 2 aromatic heterocycles. The predicted octanol–water partition coefficient (Wildman–Crippen LogP) is -1.74. The van der Waals surface area contributed by atoms with Crippen LogP contribution in [-0.4, -0.2) is 59.6 Å². The summed E-state index contributed by atoms with van der Waals surface area (Å²) in [6.45, 7) is -1.09. The highest BCUT2D eigenvalue weighted by atomic mass is 32.2. The lowest BCUT2D eigenvalue weighted by Gasteiger charge is -2.30. The average Bonchev–Trinajstić information content (AvgIpc) is 3.32. The first-order valence-electron chi connectivity index (χ1n) is 9.52. The summed E-state index contributed by atoms with van der Waals surface area (Å²) in [5.41, 5.74) is -0.439. The Labute approximate surface area is 193 Å². The lowest BCUT2D eigenvalue weighted by Crippen LogP contribution is -2.51. The predicted molar refractivity (Wildman–Crippen MR) is 110 cm³/mol. The van der Waals surface area contributed by atoms with Gasteiger partial charge >= 0.3 is 5.85 Å². The standard InChI is InChI=1S/C17H18N5O10PS/c23-12-10(6-31-33(28,29)30)32-17(13(12)24,22(26)27)21-8-18-11-14(21)19-16(20-15(11)25)34-7-9-4-2-1-3-5-9/h1-5,8,10,12-13,23-24H,6-7H2,(H,19,20,25)(H2,28,29,30)/p-2/t10-,12-,13-,17-/m1/s1. The Morgan fingerprint density at radius 3 is 2.68 bits per heavy atom. The minimum Gasteiger partial charge on any atom is -0.790 e. The van der Waals surface area contributed by atoms with Gasteiger partial charge in [-0.15, -0.1) is 0 Å². The fourth-order valence-electron chi connectivity index (χ4n) is 3.44. The number of nitrogens with one attached hydrogen (secondary N) is 1. The number of hydrogen-bond donors (Lipinski definition) is 3. The van der Waals surface area contributed by atoms with Crippen molar-refractivity contribution in [2.75, 3.05) is 6.61 Å². The largest absolute Gasteiger partial charge is 0.790 e. The van der Waals surface area contributed by atoms with Gasteiger partial charge in [-0.1, -0.05) is 42.1 Å². The van der Waals surface area contributed by atoms with Crippen LogP contribution in [-0.2, 0) is 25.4 Å². The number of imidazole rings is 1. The maximum Gasteiger partial charge on any atom is 0.445 e. The number of phosphoric acid groups is 1. The van der Waals surface area contributed by atoms with Crippen molar-refractivity contribution in [1.82, 2.24) is 19.5 Å². The van der Waals surface area contributed by atoms with Crippen molar-refractivity contribution in [3.8, 4) is 0 Å². The van der Waals surface area contributed by atoms with Gasteiger partial charge in [0.2, 0.25) is 6.10 Å². The molecule has 34 heavy (non-hydrogen) atoms. The summed E-state index contributed by atoms with van der Waals surface area (Å²) in [5.74, 6) is -2.54. The van der Waals surface area contributed by atoms with Crippen LogP contribution in [0.2, 0.25) is 0 Å². The highest BCUT2D eigenvalue weighted by Crippen LogP contribution is 2.39. The maximum atomic E-state index is 12.5. The lowest BCUT2D eigenvalue weighted by atomic mass is 10.1. The molecule has 0 amide bonds. The van der Waals surface area contributed by atoms with Crippen LogP contribution in [0.5, 0.6) is 0 Å². The van der Waals surface area contributed by atoms with E-state index in [1.54, 1.807) is 0 Å². The fourth-order valence-corrected chi connectivity index (χ4v) is 4.58. The molecule has 3 N–H and O–H groups in total. The number of H-pyrrole nitrogens is 1. The van der Waals surface area contributed by atoms with Gasteiger partial charge in [0, 0.05) is 5.75 Å². The third-order valence-corrected chi connectivity index (χ3v) is 6.43. The number of aliphatic hydroxyl groups is 2. The molecule has 1 aliphatic rings. The summed E-state index contributed by atoms with van der Waals surface area (Å²) in [4.78, 5) is 55.6. The van der Waals surface area contributed by atoms with Gasteiger partial charge in [-0.25, -0.2) is 14.5 Å². The number of thioether (sulfide) groups is 1. The number of aromatic nitrogens is 4. The van der Waals surface area contributed by atoms with Crippen molar-refractivity contribution in [3.05, 3.63) is 62.7 Å². The van der Waals surface area contributed by atoms with Gasteiger partial charge in [0.25, 0.3) is 5.56 Å². The first kappa shape index (κ1) is 24.4. The normalized spacial score (nSPS) is 25.1. The van der Waals surface area contributed by atoms with Crippen LogP contribution in [0, 0.1) is 10.1 Å². The lowest BCUT2D eigenvalue weighted by molar-refractivity contribution is -0.671. The summed E-state index contributed by atoms with van der Waals surface area (Å²) >= 11 is 1.13. The van der Waals surface area contributed by atoms with E-state index in [-0.39, 0.29) is 16.3 Å². The Hall–Kier alpha value is -2.69. The zero-order valence-electron chi connectivity index (χ0n) is 16.9. The molecule has 17 heteroatoms. The van der Waals surface area contributed by atoms with E-state index < -0.39 is 49.1 Å². The third-order valence-electron chi connectivity index (χ3n) is 5.02. The quantitative estimate of drug-likeness (QED) is 0.100. The van der Waals surface area contributed by atoms with Crippen LogP contribution in [0.15, 0.2) is 46.6 Å². The molecule has 3 aromatic rings. The van der Waals surface area contributed by atoms with Crippen LogP contribution in [0.3, 0.4) is 0 Å². The number of rotatable bonds is 8. The smallest absolute Gasteiger partial charge is 0.445 e. The summed E-state index contributed by atoms with van der Waals surface area (Å²) < 4.78 is 20.7. The number of ether oxygens (including phenoxy) is 1. The molecule has 1 aliphatic heterocycles. The second-order valence-corrected chi connectivity index (χ2v) is 9.30. The zero-order valence-corrected chi connectivity index (χ0v) is 18.6. The van der Waals surface area contributed by atoms with Gasteiger partial charge in [0.1, 0.15) is 18.5 Å². The molecule has 15 nitrogen and oxygen atoms in total. The Balaban J connectivity index is 1.72. The maximum absolute atomic E-state index is 12.5. The number of phosphoric ester groups is 1. The molecule has 4 atom stereocenters. The number of fused-ring (bicyclic) bond motifs is 1. The molecule has 1 aromatic carbocycles. The molecule has 0 spiro atoms. The highest BCUT2D eigenvalue weighted by molar-refractivity contribution is 7.98. The number of hydrogen-bond acceptors (Lipinski definition) is 13. The van der Waals surface area contributed by atoms with E-state index in [4.69, 9.17) is 4.74 Å². The average molecular weight is 513 g/mol. The van der Waals surface area contributed by atoms with Gasteiger partial charge in [-0.2, -0.15) is 0 Å². The Morgan fingerprint density at radius 1 is 1.32 bits per heavy atom. The summed E-state index contributed by atoms with van der Waals surface area (Å²) in [5, 5.41) is 32.9. The third kappa shape index (κ3) is 4.49. The molecule has 4 rings (SSSR count). The molecule has 3 heterocycles. The van der Waals surface area contributed by atoms with Crippen LogP contribution in [0.4, 0.5) is 0 Å². The van der Waals surface area contributed by atoms with Gasteiger partial charge in [0.15, 0.2) is 16.3 Å². The minimum absolute atomic E-state index is 0.0909. The van der Waals surface area contributed by atoms with E-state index >= 15 is 0 Å². The summed E-state index contributed by atoms with van der Waals surface area (Å²) in [7, 11) is -5.50. The molecular formula is C17H16N5O10PS-2. The van der Waals surface area contributed by atoms with Crippen molar-refractivity contribution in [2.45, 2.75) is 35.1 Å². The van der Waals surface area contributed by atoms with Gasteiger partial charge in [0.05, 0.1) is 19.4 Å². The number of aromatic amines is 1. The number of aliphatic hydroxyl groups excluding tert-OH is 2. The van der Waals surface area contributed by atoms with Crippen LogP contribution in [0.1, 0.15) is 5.56 Å². The summed E-state index contributed by atoms with van der Waals surface area (Å²) in [6, 6.07) is 9.19. The molecule has 0 aliphatic carbocycles. The van der Waals surface area contributed by atoms with E-state index in [2.05, 4.69) is 19.5 Å². The van der Waals surface area contributed by atoms with Crippen molar-refractivity contribution in [2.24, 2.45) is 0 Å². The van der Waals surface area contributed by atoms with Crippen molar-refractivity contribution in [3.63, 3.8) is 0 Å². The second kappa shape index (κ2) is 9.16. The SMILES string of the molecule is O=c1[nH]c(SCc2ccccc2)nc2c1ncn2[C@]1([N+](=O)[O-])O[C@H](COP(=O)([O-])[O-])[C@@H](O)[C@H]1O. The Kier molecular flexibility index (Phi) is 6.58. The van der Waals surface area contributed by atoms with E-state index in [1.807, 2.05) is 30.3 Å². The molecule has 1 fully saturated rings. The van der Waals surface area contributed by atoms with Gasteiger partial charge in [-0.3, -0.25) is 24.6 Å². The van der Waals surface area contributed by atoms with Crippen molar-refractivity contribution >= 4 is 30.7 Å². The van der Waals surface area contributed by atoms with Gasteiger partial charge < -0.3 is 29.1 Å². The second-order valence-electron chi connectivity index (χ2n) is 7.18. The first-order valence-corrected chi connectivity index (χ1v) is 12.0. The molecule has 0 unspecified atom stereocenters. The number of benzene rings is 1. The number of nitro groups is 1. The zero-order chi connectivity index (χ0) is 24.7. The van der Waals surface area contributed by atoms with Crippen molar-refractivity contribution in [1.29, 1.82) is 0 Å². The first-order chi connectivity index (χ1) is 16.0. The van der Waals surface area contributed by atoms with Gasteiger partial charge in [-0.05, 0) is 5.56 Å².